The minimum atomic E-state index is -4.35. The van der Waals surface area contributed by atoms with Crippen molar-refractivity contribution in [3.8, 4) is 0 Å². The van der Waals surface area contributed by atoms with Gasteiger partial charge in [-0.2, -0.15) is 13.2 Å². The van der Waals surface area contributed by atoms with Crippen molar-refractivity contribution < 1.29 is 13.2 Å². The Kier molecular flexibility index (Phi) is 5.41. The standard InChI is InChI=1S/C20H19F3N4/c1-25-18(10-13-6-8-15(9-7-13)20(21,22)23)19(24)27-16-11-14-4-2-3-5-17(14)26-12-16/h2-9,11-12,18,25H,10H2,1H3,(H2,24,27)/t18-/m0/s1. The topological polar surface area (TPSA) is 60.8 Å². The number of fused-ring (bicyclic) bond motifs is 1. The molecular weight excluding hydrogens is 353 g/mol. The lowest BCUT2D eigenvalue weighted by atomic mass is 10.0. The Morgan fingerprint density at radius 1 is 1.11 bits per heavy atom. The van der Waals surface area contributed by atoms with Gasteiger partial charge in [-0.3, -0.25) is 10.4 Å². The molecule has 0 spiro atoms. The zero-order valence-corrected chi connectivity index (χ0v) is 14.6. The maximum absolute atomic E-state index is 12.7. The number of para-hydroxylation sites is 1. The van der Waals surface area contributed by atoms with Crippen molar-refractivity contribution in [2.24, 2.45) is 0 Å². The smallest absolute Gasteiger partial charge is 0.342 e. The number of nitrogens with one attached hydrogen (secondary N) is 3. The molecule has 0 aliphatic heterocycles. The Balaban J connectivity index is 1.69. The summed E-state index contributed by atoms with van der Waals surface area (Å²) in [6, 6.07) is 14.2. The average Bonchev–Trinajstić information content (AvgIpc) is 2.65. The first kappa shape index (κ1) is 18.8. The molecule has 0 amide bonds. The lowest BCUT2D eigenvalue weighted by Crippen LogP contribution is -2.39. The SMILES string of the molecule is CN[C@@H](Cc1ccc(C(F)(F)F)cc1)C(=N)Nc1cnc2ccccc2c1. The molecule has 7 heteroatoms. The molecule has 0 aliphatic rings. The first-order chi connectivity index (χ1) is 12.9. The van der Waals surface area contributed by atoms with E-state index in [2.05, 4.69) is 15.6 Å². The van der Waals surface area contributed by atoms with Crippen LogP contribution in [0.4, 0.5) is 18.9 Å². The van der Waals surface area contributed by atoms with Gasteiger partial charge in [-0.1, -0.05) is 30.3 Å². The number of hydrogen-bond acceptors (Lipinski definition) is 3. The molecule has 0 radical (unpaired) electrons. The van der Waals surface area contributed by atoms with Crippen molar-refractivity contribution in [1.82, 2.24) is 10.3 Å². The molecule has 1 aromatic heterocycles. The van der Waals surface area contributed by atoms with Crippen LogP contribution >= 0.6 is 0 Å². The second-order valence-electron chi connectivity index (χ2n) is 6.20. The Morgan fingerprint density at radius 3 is 2.48 bits per heavy atom. The van der Waals surface area contributed by atoms with Crippen LogP contribution in [0, 0.1) is 5.41 Å². The number of amidine groups is 1. The maximum Gasteiger partial charge on any atom is 0.416 e. The number of aromatic nitrogens is 1. The molecule has 3 N–H and O–H groups in total. The molecule has 3 rings (SSSR count). The summed E-state index contributed by atoms with van der Waals surface area (Å²) in [6.45, 7) is 0. The number of rotatable bonds is 5. The van der Waals surface area contributed by atoms with Gasteiger partial charge in [0.15, 0.2) is 0 Å². The molecule has 4 nitrogen and oxygen atoms in total. The molecular formula is C20H19F3N4. The maximum atomic E-state index is 12.7. The van der Waals surface area contributed by atoms with Crippen LogP contribution in [-0.4, -0.2) is 23.9 Å². The van der Waals surface area contributed by atoms with Crippen LogP contribution in [0.2, 0.25) is 0 Å². The lowest BCUT2D eigenvalue weighted by molar-refractivity contribution is -0.137. The van der Waals surface area contributed by atoms with E-state index in [0.717, 1.165) is 23.0 Å². The molecule has 2 aromatic carbocycles. The van der Waals surface area contributed by atoms with Gasteiger partial charge in [-0.25, -0.2) is 0 Å². The van der Waals surface area contributed by atoms with Gasteiger partial charge in [0.05, 0.1) is 29.0 Å². The molecule has 0 fully saturated rings. The third kappa shape index (κ3) is 4.62. The highest BCUT2D eigenvalue weighted by Crippen LogP contribution is 2.29. The van der Waals surface area contributed by atoms with Gasteiger partial charge in [0.2, 0.25) is 0 Å². The van der Waals surface area contributed by atoms with Crippen LogP contribution in [0.25, 0.3) is 10.9 Å². The van der Waals surface area contributed by atoms with E-state index in [1.165, 1.54) is 12.1 Å². The molecule has 0 saturated carbocycles. The molecule has 1 atom stereocenters. The summed E-state index contributed by atoms with van der Waals surface area (Å²) in [5.41, 5.74) is 1.59. The van der Waals surface area contributed by atoms with Crippen molar-refractivity contribution in [2.45, 2.75) is 18.6 Å². The summed E-state index contributed by atoms with van der Waals surface area (Å²) in [7, 11) is 1.71. The predicted molar refractivity (Wildman–Crippen MR) is 101 cm³/mol. The van der Waals surface area contributed by atoms with Gasteiger partial charge < -0.3 is 10.6 Å². The molecule has 0 unspecified atom stereocenters. The first-order valence-corrected chi connectivity index (χ1v) is 8.40. The van der Waals surface area contributed by atoms with Crippen LogP contribution in [0.15, 0.2) is 60.8 Å². The summed E-state index contributed by atoms with van der Waals surface area (Å²) >= 11 is 0. The van der Waals surface area contributed by atoms with Crippen LogP contribution < -0.4 is 10.6 Å². The van der Waals surface area contributed by atoms with Gasteiger partial charge in [0, 0.05) is 5.39 Å². The quantitative estimate of drug-likeness (QED) is 0.457. The second-order valence-corrected chi connectivity index (χ2v) is 6.20. The number of anilines is 1. The van der Waals surface area contributed by atoms with E-state index in [9.17, 15) is 13.2 Å². The van der Waals surface area contributed by atoms with Crippen molar-refractivity contribution >= 4 is 22.4 Å². The molecule has 0 aliphatic carbocycles. The fourth-order valence-electron chi connectivity index (χ4n) is 2.80. The normalized spacial score (nSPS) is 12.7. The number of halogens is 3. The van der Waals surface area contributed by atoms with E-state index < -0.39 is 11.7 Å². The summed E-state index contributed by atoms with van der Waals surface area (Å²) in [4.78, 5) is 4.35. The Hall–Kier alpha value is -2.93. The lowest BCUT2D eigenvalue weighted by Gasteiger charge is -2.19. The van der Waals surface area contributed by atoms with E-state index >= 15 is 0 Å². The third-order valence-corrected chi connectivity index (χ3v) is 4.29. The monoisotopic (exact) mass is 372 g/mol. The fourth-order valence-corrected chi connectivity index (χ4v) is 2.80. The zero-order valence-electron chi connectivity index (χ0n) is 14.6. The number of nitrogens with zero attached hydrogens (tertiary/aromatic N) is 1. The number of hydrogen-bond donors (Lipinski definition) is 3. The molecule has 1 heterocycles. The summed E-state index contributed by atoms with van der Waals surface area (Å²) in [5, 5.41) is 15.3. The first-order valence-electron chi connectivity index (χ1n) is 8.40. The predicted octanol–water partition coefficient (Wildman–Crippen LogP) is 4.47. The minimum absolute atomic E-state index is 0.217. The zero-order chi connectivity index (χ0) is 19.4. The minimum Gasteiger partial charge on any atom is -0.342 e. The van der Waals surface area contributed by atoms with Crippen molar-refractivity contribution in [2.75, 3.05) is 12.4 Å². The summed E-state index contributed by atoms with van der Waals surface area (Å²) < 4.78 is 38.0. The molecule has 0 saturated heterocycles. The fraction of sp³-hybridized carbons (Fsp3) is 0.200. The van der Waals surface area contributed by atoms with E-state index in [-0.39, 0.29) is 11.9 Å². The van der Waals surface area contributed by atoms with Crippen molar-refractivity contribution in [1.29, 1.82) is 5.41 Å². The number of pyridine rings is 1. The average molecular weight is 372 g/mol. The van der Waals surface area contributed by atoms with Gasteiger partial charge in [0.1, 0.15) is 5.84 Å². The second kappa shape index (κ2) is 7.75. The van der Waals surface area contributed by atoms with E-state index in [1.807, 2.05) is 30.3 Å². The van der Waals surface area contributed by atoms with Gasteiger partial charge >= 0.3 is 6.18 Å². The Bertz CT molecular complexity index is 936. The van der Waals surface area contributed by atoms with Gasteiger partial charge in [-0.15, -0.1) is 0 Å². The van der Waals surface area contributed by atoms with Crippen LogP contribution in [0.3, 0.4) is 0 Å². The number of alkyl halides is 3. The Morgan fingerprint density at radius 2 is 1.81 bits per heavy atom. The van der Waals surface area contributed by atoms with Crippen molar-refractivity contribution in [3.63, 3.8) is 0 Å². The number of likely N-dealkylation sites (N-methyl/N-ethyl adjacent to an activating group) is 1. The summed E-state index contributed by atoms with van der Waals surface area (Å²) in [5.74, 6) is 0.217. The molecule has 140 valence electrons. The highest BCUT2D eigenvalue weighted by atomic mass is 19.4. The van der Waals surface area contributed by atoms with Crippen LogP contribution in [0.5, 0.6) is 0 Å². The highest BCUT2D eigenvalue weighted by molar-refractivity contribution is 5.98. The highest BCUT2D eigenvalue weighted by Gasteiger charge is 2.30. The molecule has 0 bridgehead atoms. The van der Waals surface area contributed by atoms with Crippen LogP contribution in [-0.2, 0) is 12.6 Å². The third-order valence-electron chi connectivity index (χ3n) is 4.29. The van der Waals surface area contributed by atoms with Gasteiger partial charge in [-0.05, 0) is 43.3 Å². The molecule has 3 aromatic rings. The van der Waals surface area contributed by atoms with Crippen LogP contribution in [0.1, 0.15) is 11.1 Å². The Labute approximate surface area is 154 Å². The van der Waals surface area contributed by atoms with Crippen molar-refractivity contribution in [3.05, 3.63) is 71.9 Å². The molecule has 27 heavy (non-hydrogen) atoms. The van der Waals surface area contributed by atoms with E-state index in [4.69, 9.17) is 5.41 Å². The number of benzene rings is 2. The summed E-state index contributed by atoms with van der Waals surface area (Å²) in [6.07, 6.45) is -2.30. The van der Waals surface area contributed by atoms with E-state index in [0.29, 0.717) is 17.7 Å². The van der Waals surface area contributed by atoms with Gasteiger partial charge in [0.25, 0.3) is 0 Å². The largest absolute Gasteiger partial charge is 0.416 e. The van der Waals surface area contributed by atoms with E-state index in [1.54, 1.807) is 13.2 Å².